The average Bonchev–Trinajstić information content (AvgIpc) is 3.10. The molecule has 0 spiro atoms. The van der Waals surface area contributed by atoms with Crippen LogP contribution in [0.1, 0.15) is 44.3 Å². The summed E-state index contributed by atoms with van der Waals surface area (Å²) in [4.78, 5) is 4.08. The van der Waals surface area contributed by atoms with Crippen molar-refractivity contribution in [3.05, 3.63) is 48.7 Å². The van der Waals surface area contributed by atoms with E-state index in [0.29, 0.717) is 11.5 Å². The van der Waals surface area contributed by atoms with Gasteiger partial charge in [0, 0.05) is 17.8 Å². The minimum atomic E-state index is -0.448. The van der Waals surface area contributed by atoms with Crippen LogP contribution >= 0.6 is 0 Å². The van der Waals surface area contributed by atoms with Crippen molar-refractivity contribution >= 4 is 5.65 Å². The maximum Gasteiger partial charge on any atom is 0.203 e. The molecule has 0 radical (unpaired) electrons. The number of hydrogen-bond acceptors (Lipinski definition) is 5. The molecule has 3 fully saturated rings. The van der Waals surface area contributed by atoms with Gasteiger partial charge in [0.05, 0.1) is 11.8 Å². The van der Waals surface area contributed by atoms with Gasteiger partial charge in [-0.25, -0.2) is 0 Å². The van der Waals surface area contributed by atoms with Gasteiger partial charge < -0.3 is 9.84 Å². The lowest BCUT2D eigenvalue weighted by atomic mass is 9.58. The summed E-state index contributed by atoms with van der Waals surface area (Å²) in [6, 6.07) is 7.58. The van der Waals surface area contributed by atoms with Gasteiger partial charge in [-0.2, -0.15) is 0 Å². The van der Waals surface area contributed by atoms with E-state index in [1.54, 1.807) is 12.4 Å². The Morgan fingerprint density at radius 2 is 1.80 bits per heavy atom. The fourth-order valence-corrected chi connectivity index (χ4v) is 4.37. The molecule has 3 saturated carbocycles. The van der Waals surface area contributed by atoms with Crippen LogP contribution < -0.4 is 4.74 Å². The van der Waals surface area contributed by atoms with Gasteiger partial charge in [-0.15, -0.1) is 10.2 Å². The molecule has 3 aliphatic carbocycles. The minimum absolute atomic E-state index is 0.0246. The van der Waals surface area contributed by atoms with Gasteiger partial charge in [-0.05, 0) is 62.8 Å². The Labute approximate surface area is 145 Å². The first-order chi connectivity index (χ1) is 12.2. The molecule has 6 nitrogen and oxygen atoms in total. The van der Waals surface area contributed by atoms with E-state index in [4.69, 9.17) is 4.74 Å². The monoisotopic (exact) mass is 336 g/mol. The summed E-state index contributed by atoms with van der Waals surface area (Å²) in [5, 5.41) is 19.5. The van der Waals surface area contributed by atoms with Crippen molar-refractivity contribution < 1.29 is 9.84 Å². The highest BCUT2D eigenvalue weighted by Gasteiger charge is 2.50. The standard InChI is InChI=1S/C19H20N4O2/c24-19-8-5-18(6-9-19,7-10-19)17-22-21-16-15(4-2-12-23(16)17)25-14-3-1-11-20-13-14/h1-4,11-13,24H,5-10H2. The fourth-order valence-electron chi connectivity index (χ4n) is 4.37. The fraction of sp³-hybridized carbons (Fsp3) is 0.421. The maximum absolute atomic E-state index is 10.5. The van der Waals surface area contributed by atoms with Crippen molar-refractivity contribution in [1.82, 2.24) is 19.6 Å². The van der Waals surface area contributed by atoms with E-state index in [1.807, 2.05) is 30.5 Å². The van der Waals surface area contributed by atoms with E-state index in [0.717, 1.165) is 50.0 Å². The molecule has 0 atom stereocenters. The minimum Gasteiger partial charge on any atom is -0.452 e. The average molecular weight is 336 g/mol. The molecule has 0 amide bonds. The van der Waals surface area contributed by atoms with Gasteiger partial charge in [-0.3, -0.25) is 9.38 Å². The van der Waals surface area contributed by atoms with Crippen LogP contribution in [0, 0.1) is 0 Å². The predicted molar refractivity (Wildman–Crippen MR) is 91.6 cm³/mol. The Morgan fingerprint density at radius 1 is 1.00 bits per heavy atom. The molecule has 3 heterocycles. The smallest absolute Gasteiger partial charge is 0.203 e. The first-order valence-corrected chi connectivity index (χ1v) is 8.82. The van der Waals surface area contributed by atoms with E-state index in [9.17, 15) is 5.11 Å². The molecule has 2 bridgehead atoms. The third kappa shape index (κ3) is 2.32. The summed E-state index contributed by atoms with van der Waals surface area (Å²) in [7, 11) is 0. The summed E-state index contributed by atoms with van der Waals surface area (Å²) in [5.41, 5.74) is 0.301. The van der Waals surface area contributed by atoms with Crippen LogP contribution in [0.2, 0.25) is 0 Å². The summed E-state index contributed by atoms with van der Waals surface area (Å²) in [6.45, 7) is 0. The quantitative estimate of drug-likeness (QED) is 0.795. The number of hydrogen-bond donors (Lipinski definition) is 1. The number of aromatic nitrogens is 4. The van der Waals surface area contributed by atoms with Crippen LogP contribution in [0.15, 0.2) is 42.9 Å². The molecular weight excluding hydrogens is 316 g/mol. The summed E-state index contributed by atoms with van der Waals surface area (Å²) in [6.07, 6.45) is 10.9. The molecule has 128 valence electrons. The normalized spacial score (nSPS) is 28.4. The molecule has 6 heteroatoms. The number of nitrogens with zero attached hydrogens (tertiary/aromatic N) is 4. The highest BCUT2D eigenvalue weighted by molar-refractivity contribution is 5.55. The number of pyridine rings is 2. The van der Waals surface area contributed by atoms with E-state index >= 15 is 0 Å². The molecule has 25 heavy (non-hydrogen) atoms. The van der Waals surface area contributed by atoms with Crippen molar-refractivity contribution in [2.45, 2.75) is 49.5 Å². The summed E-state index contributed by atoms with van der Waals surface area (Å²) >= 11 is 0. The largest absolute Gasteiger partial charge is 0.452 e. The number of fused-ring (bicyclic) bond motifs is 4. The topological polar surface area (TPSA) is 72.5 Å². The summed E-state index contributed by atoms with van der Waals surface area (Å²) in [5.74, 6) is 2.35. The van der Waals surface area contributed by atoms with Crippen molar-refractivity contribution in [2.75, 3.05) is 0 Å². The van der Waals surface area contributed by atoms with Crippen molar-refractivity contribution in [2.24, 2.45) is 0 Å². The van der Waals surface area contributed by atoms with Crippen molar-refractivity contribution in [3.63, 3.8) is 0 Å². The van der Waals surface area contributed by atoms with Crippen LogP contribution in [0.25, 0.3) is 5.65 Å². The zero-order valence-corrected chi connectivity index (χ0v) is 13.9. The number of aliphatic hydroxyl groups is 1. The van der Waals surface area contributed by atoms with Crippen LogP contribution in [0.5, 0.6) is 11.5 Å². The van der Waals surface area contributed by atoms with Crippen molar-refractivity contribution in [1.29, 1.82) is 0 Å². The molecule has 0 saturated heterocycles. The van der Waals surface area contributed by atoms with Gasteiger partial charge in [-0.1, -0.05) is 0 Å². The third-order valence-electron chi connectivity index (χ3n) is 5.94. The second kappa shape index (κ2) is 5.26. The molecule has 1 N–H and O–H groups in total. The Bertz CT molecular complexity index is 897. The van der Waals surface area contributed by atoms with E-state index in [2.05, 4.69) is 19.6 Å². The van der Waals surface area contributed by atoms with E-state index < -0.39 is 5.60 Å². The Kier molecular flexibility index (Phi) is 3.12. The number of rotatable bonds is 3. The molecule has 6 rings (SSSR count). The van der Waals surface area contributed by atoms with E-state index in [1.165, 1.54) is 0 Å². The molecule has 0 unspecified atom stereocenters. The number of ether oxygens (including phenoxy) is 1. The first-order valence-electron chi connectivity index (χ1n) is 8.82. The van der Waals surface area contributed by atoms with Gasteiger partial charge >= 0.3 is 0 Å². The van der Waals surface area contributed by atoms with Crippen LogP contribution in [0.4, 0.5) is 0 Å². The zero-order chi connectivity index (χ0) is 16.9. The van der Waals surface area contributed by atoms with Gasteiger partial charge in [0.25, 0.3) is 0 Å². The Morgan fingerprint density at radius 3 is 2.52 bits per heavy atom. The molecule has 3 aromatic heterocycles. The lowest BCUT2D eigenvalue weighted by Crippen LogP contribution is -2.48. The highest BCUT2D eigenvalue weighted by Crippen LogP contribution is 2.53. The predicted octanol–water partition coefficient (Wildman–Crippen LogP) is 3.25. The summed E-state index contributed by atoms with van der Waals surface area (Å²) < 4.78 is 8.02. The second-order valence-electron chi connectivity index (χ2n) is 7.39. The Balaban J connectivity index is 1.55. The molecule has 0 aliphatic heterocycles. The third-order valence-corrected chi connectivity index (χ3v) is 5.94. The second-order valence-corrected chi connectivity index (χ2v) is 7.39. The van der Waals surface area contributed by atoms with Gasteiger partial charge in [0.1, 0.15) is 11.6 Å². The van der Waals surface area contributed by atoms with Crippen molar-refractivity contribution in [3.8, 4) is 11.5 Å². The maximum atomic E-state index is 10.5. The van der Waals surface area contributed by atoms with Gasteiger partial charge in [0.15, 0.2) is 5.75 Å². The lowest BCUT2D eigenvalue weighted by Gasteiger charge is -2.49. The van der Waals surface area contributed by atoms with Gasteiger partial charge in [0.2, 0.25) is 5.65 Å². The Hall–Kier alpha value is -2.47. The molecular formula is C19H20N4O2. The molecule has 3 aromatic rings. The van der Waals surface area contributed by atoms with Crippen LogP contribution in [0.3, 0.4) is 0 Å². The lowest BCUT2D eigenvalue weighted by molar-refractivity contribution is -0.0682. The van der Waals surface area contributed by atoms with Crippen LogP contribution in [-0.2, 0) is 5.41 Å². The molecule has 3 aliphatic rings. The molecule has 0 aromatic carbocycles. The zero-order valence-electron chi connectivity index (χ0n) is 13.9. The SMILES string of the molecule is OC12CCC(c3nnc4c(Oc5cccnc5)cccn34)(CC1)CC2. The highest BCUT2D eigenvalue weighted by atomic mass is 16.5. The van der Waals surface area contributed by atoms with Crippen LogP contribution in [-0.4, -0.2) is 30.3 Å². The van der Waals surface area contributed by atoms with E-state index in [-0.39, 0.29) is 5.41 Å². The first kappa shape index (κ1) is 14.8.